The van der Waals surface area contributed by atoms with Gasteiger partial charge in [0.2, 0.25) is 0 Å². The highest BCUT2D eigenvalue weighted by atomic mass is 16.1. The zero-order chi connectivity index (χ0) is 12.6. The molecule has 1 spiro atoms. The Morgan fingerprint density at radius 1 is 0.889 bits per heavy atom. The molecule has 0 bridgehead atoms. The van der Waals surface area contributed by atoms with E-state index in [0.717, 1.165) is 19.3 Å². The van der Waals surface area contributed by atoms with Crippen LogP contribution in [0.2, 0.25) is 0 Å². The van der Waals surface area contributed by atoms with Gasteiger partial charge in [0.15, 0.2) is 0 Å². The van der Waals surface area contributed by atoms with E-state index in [-0.39, 0.29) is 5.41 Å². The highest BCUT2D eigenvalue weighted by Gasteiger charge is 2.49. The van der Waals surface area contributed by atoms with E-state index < -0.39 is 0 Å². The van der Waals surface area contributed by atoms with Crippen LogP contribution in [0.3, 0.4) is 0 Å². The van der Waals surface area contributed by atoms with Crippen molar-refractivity contribution in [2.45, 2.75) is 77.6 Å². The normalized spacial score (nSPS) is 37.6. The largest absolute Gasteiger partial charge is 0.299 e. The fourth-order valence-corrected chi connectivity index (χ4v) is 4.75. The van der Waals surface area contributed by atoms with Gasteiger partial charge in [-0.25, -0.2) is 0 Å². The van der Waals surface area contributed by atoms with E-state index in [1.54, 1.807) is 11.1 Å². The fourth-order valence-electron chi connectivity index (χ4n) is 4.75. The summed E-state index contributed by atoms with van der Waals surface area (Å²) in [5, 5.41) is 0. The summed E-state index contributed by atoms with van der Waals surface area (Å²) in [5.74, 6) is 1.14. The molecule has 0 aromatic rings. The predicted molar refractivity (Wildman–Crippen MR) is 74.4 cm³/mol. The van der Waals surface area contributed by atoms with Crippen molar-refractivity contribution < 1.29 is 4.79 Å². The second-order valence-corrected chi connectivity index (χ2v) is 6.70. The lowest BCUT2D eigenvalue weighted by atomic mass is 9.61. The first-order valence-electron chi connectivity index (χ1n) is 7.98. The Labute approximate surface area is 111 Å². The monoisotopic (exact) mass is 246 g/mol. The van der Waals surface area contributed by atoms with Crippen LogP contribution in [-0.2, 0) is 4.79 Å². The van der Waals surface area contributed by atoms with Crippen molar-refractivity contribution in [2.24, 2.45) is 11.3 Å². The van der Waals surface area contributed by atoms with Crippen LogP contribution in [0.4, 0.5) is 0 Å². The Morgan fingerprint density at radius 3 is 2.39 bits per heavy atom. The van der Waals surface area contributed by atoms with E-state index in [1.165, 1.54) is 51.4 Å². The molecular weight excluding hydrogens is 220 g/mol. The molecule has 1 heteroatoms. The van der Waals surface area contributed by atoms with Crippen molar-refractivity contribution in [3.8, 4) is 0 Å². The molecule has 18 heavy (non-hydrogen) atoms. The molecule has 0 N–H and O–H groups in total. The molecule has 1 saturated carbocycles. The van der Waals surface area contributed by atoms with E-state index in [9.17, 15) is 4.79 Å². The number of Topliss-reactive ketones (excluding diaryl/α,β-unsaturated/α-hetero) is 1. The zero-order valence-electron chi connectivity index (χ0n) is 11.8. The summed E-state index contributed by atoms with van der Waals surface area (Å²) in [5.41, 5.74) is 3.52. The van der Waals surface area contributed by atoms with E-state index in [0.29, 0.717) is 11.7 Å². The molecule has 100 valence electrons. The highest BCUT2D eigenvalue weighted by molar-refractivity contribution is 5.87. The molecule has 3 aliphatic carbocycles. The summed E-state index contributed by atoms with van der Waals surface area (Å²) in [7, 11) is 0. The van der Waals surface area contributed by atoms with Gasteiger partial charge in [0.1, 0.15) is 5.78 Å². The summed E-state index contributed by atoms with van der Waals surface area (Å²) < 4.78 is 0. The van der Waals surface area contributed by atoms with Gasteiger partial charge in [0.05, 0.1) is 0 Å². The second-order valence-electron chi connectivity index (χ2n) is 6.70. The second kappa shape index (κ2) is 4.83. The molecular formula is C17H26O. The Bertz CT molecular complexity index is 379. The summed E-state index contributed by atoms with van der Waals surface area (Å²) in [4.78, 5) is 12.4. The van der Waals surface area contributed by atoms with Crippen LogP contribution in [-0.4, -0.2) is 5.78 Å². The molecule has 2 atom stereocenters. The summed E-state index contributed by atoms with van der Waals surface area (Å²) >= 11 is 0. The van der Waals surface area contributed by atoms with Crippen molar-refractivity contribution in [2.75, 3.05) is 0 Å². The molecule has 0 amide bonds. The lowest BCUT2D eigenvalue weighted by Crippen LogP contribution is -2.37. The predicted octanol–water partition coefficient (Wildman–Crippen LogP) is 4.81. The zero-order valence-corrected chi connectivity index (χ0v) is 11.8. The number of carbonyl (C=O) groups is 1. The first kappa shape index (κ1) is 12.4. The first-order valence-corrected chi connectivity index (χ1v) is 7.98. The molecule has 0 aromatic carbocycles. The van der Waals surface area contributed by atoms with Gasteiger partial charge in [0, 0.05) is 11.8 Å². The van der Waals surface area contributed by atoms with Crippen molar-refractivity contribution >= 4 is 5.78 Å². The number of hydrogen-bond acceptors (Lipinski definition) is 1. The standard InChI is InChI=1S/C17H26O/c1-13-15-8-5-3-2-4-7-14(15)10-12-17(13)11-6-9-16(17)18/h13H,2-12H2,1H3/t13-,17-/m1/s1. The minimum atomic E-state index is 0.0675. The summed E-state index contributed by atoms with van der Waals surface area (Å²) in [6.07, 6.45) is 13.7. The maximum Gasteiger partial charge on any atom is 0.139 e. The maximum absolute atomic E-state index is 12.4. The maximum atomic E-state index is 12.4. The molecule has 0 heterocycles. The average Bonchev–Trinajstić information content (AvgIpc) is 2.68. The average molecular weight is 246 g/mol. The number of allylic oxidation sites excluding steroid dienone is 2. The third kappa shape index (κ3) is 1.87. The number of rotatable bonds is 0. The van der Waals surface area contributed by atoms with Crippen LogP contribution >= 0.6 is 0 Å². The van der Waals surface area contributed by atoms with Gasteiger partial charge >= 0.3 is 0 Å². The molecule has 0 unspecified atom stereocenters. The molecule has 0 aliphatic heterocycles. The summed E-state index contributed by atoms with van der Waals surface area (Å²) in [6, 6.07) is 0. The van der Waals surface area contributed by atoms with Crippen LogP contribution in [0, 0.1) is 11.3 Å². The summed E-state index contributed by atoms with van der Waals surface area (Å²) in [6.45, 7) is 2.36. The van der Waals surface area contributed by atoms with E-state index in [4.69, 9.17) is 0 Å². The minimum absolute atomic E-state index is 0.0675. The number of hydrogen-bond donors (Lipinski definition) is 0. The quantitative estimate of drug-likeness (QED) is 0.561. The first-order chi connectivity index (χ1) is 8.74. The Balaban J connectivity index is 1.91. The Morgan fingerprint density at radius 2 is 1.67 bits per heavy atom. The third-order valence-electron chi connectivity index (χ3n) is 5.94. The van der Waals surface area contributed by atoms with Crippen molar-refractivity contribution in [1.29, 1.82) is 0 Å². The van der Waals surface area contributed by atoms with Gasteiger partial charge in [-0.3, -0.25) is 4.79 Å². The highest BCUT2D eigenvalue weighted by Crippen LogP contribution is 2.53. The van der Waals surface area contributed by atoms with Gasteiger partial charge in [-0.05, 0) is 57.3 Å². The van der Waals surface area contributed by atoms with Gasteiger partial charge in [-0.15, -0.1) is 0 Å². The molecule has 0 radical (unpaired) electrons. The van der Waals surface area contributed by atoms with Crippen LogP contribution in [0.1, 0.15) is 77.6 Å². The number of ketones is 1. The van der Waals surface area contributed by atoms with Gasteiger partial charge in [-0.2, -0.15) is 0 Å². The molecule has 0 aromatic heterocycles. The lowest BCUT2D eigenvalue weighted by Gasteiger charge is -2.42. The lowest BCUT2D eigenvalue weighted by molar-refractivity contribution is -0.128. The van der Waals surface area contributed by atoms with Crippen molar-refractivity contribution in [3.63, 3.8) is 0 Å². The van der Waals surface area contributed by atoms with E-state index in [2.05, 4.69) is 6.92 Å². The van der Waals surface area contributed by atoms with E-state index >= 15 is 0 Å². The van der Waals surface area contributed by atoms with Gasteiger partial charge in [0.25, 0.3) is 0 Å². The molecule has 0 saturated heterocycles. The van der Waals surface area contributed by atoms with E-state index in [1.807, 2.05) is 0 Å². The Kier molecular flexibility index (Phi) is 3.34. The van der Waals surface area contributed by atoms with Crippen LogP contribution in [0.5, 0.6) is 0 Å². The Hall–Kier alpha value is -0.590. The molecule has 1 nitrogen and oxygen atoms in total. The van der Waals surface area contributed by atoms with Crippen LogP contribution < -0.4 is 0 Å². The van der Waals surface area contributed by atoms with Crippen LogP contribution in [0.25, 0.3) is 0 Å². The smallest absolute Gasteiger partial charge is 0.139 e. The fraction of sp³-hybridized carbons (Fsp3) is 0.824. The molecule has 1 fully saturated rings. The topological polar surface area (TPSA) is 17.1 Å². The minimum Gasteiger partial charge on any atom is -0.299 e. The SMILES string of the molecule is C[C@@H]1C2=C(CCCCCC2)CC[C@]12CCCC2=O. The third-order valence-corrected chi connectivity index (χ3v) is 5.94. The van der Waals surface area contributed by atoms with Crippen molar-refractivity contribution in [1.82, 2.24) is 0 Å². The van der Waals surface area contributed by atoms with Gasteiger partial charge < -0.3 is 0 Å². The van der Waals surface area contributed by atoms with Gasteiger partial charge in [-0.1, -0.05) is 30.9 Å². The number of carbonyl (C=O) groups excluding carboxylic acids is 1. The molecule has 3 rings (SSSR count). The van der Waals surface area contributed by atoms with Crippen LogP contribution in [0.15, 0.2) is 11.1 Å². The van der Waals surface area contributed by atoms with Crippen molar-refractivity contribution in [3.05, 3.63) is 11.1 Å². The molecule has 3 aliphatic rings.